The summed E-state index contributed by atoms with van der Waals surface area (Å²) in [4.78, 5) is 0. The van der Waals surface area contributed by atoms with Gasteiger partial charge in [-0.2, -0.15) is 13.2 Å². The predicted octanol–water partition coefficient (Wildman–Crippen LogP) is 4.15. The maximum Gasteiger partial charge on any atom is 0.408 e. The smallest absolute Gasteiger partial charge is 0.169 e. The van der Waals surface area contributed by atoms with Gasteiger partial charge in [0.2, 0.25) is 0 Å². The Balaban J connectivity index is 3.03. The van der Waals surface area contributed by atoms with E-state index >= 15 is 0 Å². The van der Waals surface area contributed by atoms with Gasteiger partial charge >= 0.3 is 6.18 Å². The van der Waals surface area contributed by atoms with Crippen molar-refractivity contribution in [3.05, 3.63) is 34.9 Å². The van der Waals surface area contributed by atoms with Gasteiger partial charge in [-0.15, -0.1) is 11.6 Å². The van der Waals surface area contributed by atoms with Gasteiger partial charge in [-0.3, -0.25) is 0 Å². The predicted molar refractivity (Wildman–Crippen MR) is 50.6 cm³/mol. The summed E-state index contributed by atoms with van der Waals surface area (Å²) < 4.78 is 36.7. The molecule has 0 radical (unpaired) electrons. The Hall–Kier alpha value is -0.700. The Kier molecular flexibility index (Phi) is 3.10. The summed E-state index contributed by atoms with van der Waals surface area (Å²) in [6.45, 7) is 3.61. The van der Waals surface area contributed by atoms with E-state index in [2.05, 4.69) is 0 Å². The zero-order chi connectivity index (χ0) is 10.9. The molecule has 1 aromatic rings. The largest absolute Gasteiger partial charge is 0.408 e. The summed E-state index contributed by atoms with van der Waals surface area (Å²) in [5.74, 6) is 0. The van der Waals surface area contributed by atoms with Crippen LogP contribution in [0.3, 0.4) is 0 Å². The number of rotatable bonds is 1. The number of aryl methyl sites for hydroxylation is 2. The highest BCUT2D eigenvalue weighted by Gasteiger charge is 2.39. The van der Waals surface area contributed by atoms with Crippen LogP contribution in [0.2, 0.25) is 0 Å². The monoisotopic (exact) mass is 222 g/mol. The van der Waals surface area contributed by atoms with Crippen molar-refractivity contribution in [3.8, 4) is 0 Å². The molecule has 0 aliphatic carbocycles. The minimum absolute atomic E-state index is 0.0993. The maximum atomic E-state index is 12.2. The molecule has 0 bridgehead atoms. The van der Waals surface area contributed by atoms with Crippen LogP contribution in [0.25, 0.3) is 0 Å². The first-order chi connectivity index (χ1) is 6.32. The lowest BCUT2D eigenvalue weighted by atomic mass is 10.0. The summed E-state index contributed by atoms with van der Waals surface area (Å²) in [5, 5.41) is -1.92. The average molecular weight is 223 g/mol. The molecule has 1 unspecified atom stereocenters. The molecule has 78 valence electrons. The zero-order valence-corrected chi connectivity index (χ0v) is 8.58. The van der Waals surface area contributed by atoms with E-state index in [9.17, 15) is 13.2 Å². The number of alkyl halides is 4. The van der Waals surface area contributed by atoms with E-state index in [0.29, 0.717) is 0 Å². The topological polar surface area (TPSA) is 0 Å². The van der Waals surface area contributed by atoms with Crippen LogP contribution in [0, 0.1) is 13.8 Å². The van der Waals surface area contributed by atoms with E-state index in [1.165, 1.54) is 12.1 Å². The van der Waals surface area contributed by atoms with Gasteiger partial charge in [0.05, 0.1) is 0 Å². The van der Waals surface area contributed by atoms with Crippen molar-refractivity contribution in [1.29, 1.82) is 0 Å². The van der Waals surface area contributed by atoms with Crippen molar-refractivity contribution >= 4 is 11.6 Å². The van der Waals surface area contributed by atoms with Gasteiger partial charge < -0.3 is 0 Å². The fraction of sp³-hybridized carbons (Fsp3) is 0.400. The van der Waals surface area contributed by atoms with E-state index in [0.717, 1.165) is 11.1 Å². The second kappa shape index (κ2) is 3.81. The third kappa shape index (κ3) is 2.41. The number of hydrogen-bond donors (Lipinski definition) is 0. The molecular formula is C10H10ClF3. The molecule has 14 heavy (non-hydrogen) atoms. The van der Waals surface area contributed by atoms with Crippen LogP contribution in [0.15, 0.2) is 18.2 Å². The molecule has 0 saturated heterocycles. The fourth-order valence-corrected chi connectivity index (χ4v) is 1.25. The summed E-state index contributed by atoms with van der Waals surface area (Å²) in [6.07, 6.45) is -4.39. The Morgan fingerprint density at radius 3 is 2.14 bits per heavy atom. The lowest BCUT2D eigenvalue weighted by Gasteiger charge is -2.14. The Morgan fingerprint density at radius 1 is 1.14 bits per heavy atom. The molecule has 0 spiro atoms. The Bertz CT molecular complexity index is 331. The molecule has 0 saturated carbocycles. The molecule has 1 atom stereocenters. The lowest BCUT2D eigenvalue weighted by molar-refractivity contribution is -0.131. The maximum absolute atomic E-state index is 12.2. The number of hydrogen-bond acceptors (Lipinski definition) is 0. The van der Waals surface area contributed by atoms with Crippen LogP contribution in [0.1, 0.15) is 22.1 Å². The van der Waals surface area contributed by atoms with Gasteiger partial charge in [-0.25, -0.2) is 0 Å². The second-order valence-corrected chi connectivity index (χ2v) is 3.68. The molecule has 1 aromatic carbocycles. The highest BCUT2D eigenvalue weighted by Crippen LogP contribution is 2.38. The van der Waals surface area contributed by atoms with Gasteiger partial charge in [-0.05, 0) is 30.5 Å². The quantitative estimate of drug-likeness (QED) is 0.627. The standard InChI is InChI=1S/C10H10ClF3/c1-6-3-4-8(5-7(6)2)9(11)10(12,13)14/h3-5,9H,1-2H3. The lowest BCUT2D eigenvalue weighted by Crippen LogP contribution is -2.15. The highest BCUT2D eigenvalue weighted by atomic mass is 35.5. The van der Waals surface area contributed by atoms with Crippen LogP contribution in [-0.4, -0.2) is 6.18 Å². The van der Waals surface area contributed by atoms with E-state index < -0.39 is 11.6 Å². The van der Waals surface area contributed by atoms with Crippen molar-refractivity contribution in [2.45, 2.75) is 25.4 Å². The van der Waals surface area contributed by atoms with Crippen LogP contribution < -0.4 is 0 Å². The fourth-order valence-electron chi connectivity index (χ4n) is 1.11. The molecule has 0 N–H and O–H groups in total. The van der Waals surface area contributed by atoms with Gasteiger partial charge in [0.15, 0.2) is 5.38 Å². The van der Waals surface area contributed by atoms with Gasteiger partial charge in [-0.1, -0.05) is 18.2 Å². The third-order valence-corrected chi connectivity index (χ3v) is 2.61. The van der Waals surface area contributed by atoms with Crippen LogP contribution in [0.4, 0.5) is 13.2 Å². The molecule has 0 heterocycles. The molecule has 0 fully saturated rings. The van der Waals surface area contributed by atoms with Crippen LogP contribution in [-0.2, 0) is 0 Å². The van der Waals surface area contributed by atoms with Crippen molar-refractivity contribution in [2.75, 3.05) is 0 Å². The molecule has 4 heteroatoms. The Labute approximate surface area is 85.7 Å². The first-order valence-corrected chi connectivity index (χ1v) is 4.54. The SMILES string of the molecule is Cc1ccc(C(Cl)C(F)(F)F)cc1C. The molecule has 1 rings (SSSR count). The zero-order valence-electron chi connectivity index (χ0n) is 7.82. The van der Waals surface area contributed by atoms with E-state index in [4.69, 9.17) is 11.6 Å². The van der Waals surface area contributed by atoms with Crippen LogP contribution in [0.5, 0.6) is 0 Å². The van der Waals surface area contributed by atoms with Gasteiger partial charge in [0.1, 0.15) is 0 Å². The van der Waals surface area contributed by atoms with Crippen molar-refractivity contribution in [3.63, 3.8) is 0 Å². The Morgan fingerprint density at radius 2 is 1.71 bits per heavy atom. The molecule has 0 aromatic heterocycles. The highest BCUT2D eigenvalue weighted by molar-refractivity contribution is 6.21. The summed E-state index contributed by atoms with van der Waals surface area (Å²) in [5.41, 5.74) is 1.87. The van der Waals surface area contributed by atoms with E-state index in [-0.39, 0.29) is 5.56 Å². The molecule has 0 amide bonds. The minimum atomic E-state index is -4.39. The molecular weight excluding hydrogens is 213 g/mol. The van der Waals surface area contributed by atoms with Crippen molar-refractivity contribution in [2.24, 2.45) is 0 Å². The molecule has 0 aliphatic rings. The van der Waals surface area contributed by atoms with Crippen molar-refractivity contribution < 1.29 is 13.2 Å². The van der Waals surface area contributed by atoms with Crippen molar-refractivity contribution in [1.82, 2.24) is 0 Å². The minimum Gasteiger partial charge on any atom is -0.169 e. The average Bonchev–Trinajstić information content (AvgIpc) is 2.07. The van der Waals surface area contributed by atoms with Gasteiger partial charge in [0.25, 0.3) is 0 Å². The summed E-state index contributed by atoms with van der Waals surface area (Å²) in [7, 11) is 0. The molecule has 0 aliphatic heterocycles. The normalized spacial score (nSPS) is 14.1. The number of benzene rings is 1. The third-order valence-electron chi connectivity index (χ3n) is 2.11. The second-order valence-electron chi connectivity index (χ2n) is 3.25. The summed E-state index contributed by atoms with van der Waals surface area (Å²) >= 11 is 5.28. The first-order valence-electron chi connectivity index (χ1n) is 4.10. The molecule has 0 nitrogen and oxygen atoms in total. The number of halogens is 4. The summed E-state index contributed by atoms with van der Waals surface area (Å²) in [6, 6.07) is 4.53. The van der Waals surface area contributed by atoms with Crippen LogP contribution >= 0.6 is 11.6 Å². The van der Waals surface area contributed by atoms with E-state index in [1.54, 1.807) is 13.0 Å². The first kappa shape index (κ1) is 11.4. The van der Waals surface area contributed by atoms with E-state index in [1.807, 2.05) is 6.92 Å². The van der Waals surface area contributed by atoms with Gasteiger partial charge in [0, 0.05) is 0 Å².